The van der Waals surface area contributed by atoms with Gasteiger partial charge in [0.05, 0.1) is 24.4 Å². The third kappa shape index (κ3) is 5.99. The van der Waals surface area contributed by atoms with E-state index in [2.05, 4.69) is 0 Å². The van der Waals surface area contributed by atoms with Gasteiger partial charge in [0.1, 0.15) is 0 Å². The monoisotopic (exact) mass is 348 g/mol. The zero-order valence-electron chi connectivity index (χ0n) is 14.7. The molecule has 0 aromatic heterocycles. The lowest BCUT2D eigenvalue weighted by Crippen LogP contribution is -2.14. The molecule has 1 aromatic carbocycles. The quantitative estimate of drug-likeness (QED) is 0.324. The molecule has 0 spiro atoms. The molecule has 136 valence electrons. The van der Waals surface area contributed by atoms with Crippen LogP contribution in [0.5, 0.6) is 0 Å². The fourth-order valence-electron chi connectivity index (χ4n) is 2.11. The Balaban J connectivity index is 3.14. The van der Waals surface area contributed by atoms with E-state index in [4.69, 9.17) is 9.47 Å². The van der Waals surface area contributed by atoms with Crippen LogP contribution in [0.2, 0.25) is 0 Å². The number of ether oxygens (including phenoxy) is 2. The van der Waals surface area contributed by atoms with E-state index in [0.29, 0.717) is 6.42 Å². The Labute approximate surface area is 147 Å². The molecule has 0 aliphatic rings. The maximum atomic E-state index is 12.1. The lowest BCUT2D eigenvalue weighted by molar-refractivity contribution is -0.140. The largest absolute Gasteiger partial charge is 0.504 e. The predicted octanol–water partition coefficient (Wildman–Crippen LogP) is 3.39. The van der Waals surface area contributed by atoms with Crippen LogP contribution >= 0.6 is 0 Å². The highest BCUT2D eigenvalue weighted by Crippen LogP contribution is 2.20. The molecular weight excluding hydrogens is 324 g/mol. The van der Waals surface area contributed by atoms with Crippen molar-refractivity contribution in [3.8, 4) is 0 Å². The molecule has 6 nitrogen and oxygen atoms in total. The number of rotatable bonds is 8. The number of carbonyl (C=O) groups excluding carboxylic acids is 2. The van der Waals surface area contributed by atoms with Crippen molar-refractivity contribution in [3.05, 3.63) is 58.6 Å². The van der Waals surface area contributed by atoms with Crippen LogP contribution in [0.4, 0.5) is 0 Å². The Hall–Kier alpha value is -2.76. The van der Waals surface area contributed by atoms with Crippen molar-refractivity contribution in [1.82, 2.24) is 0 Å². The van der Waals surface area contributed by atoms with E-state index in [1.807, 2.05) is 30.3 Å². The van der Waals surface area contributed by atoms with E-state index in [-0.39, 0.29) is 30.8 Å². The van der Waals surface area contributed by atoms with Crippen molar-refractivity contribution in [1.29, 1.82) is 0 Å². The number of hydrogen-bond acceptors (Lipinski definition) is 6. The molecule has 1 aromatic rings. The molecule has 0 aliphatic carbocycles. The highest BCUT2D eigenvalue weighted by Gasteiger charge is 2.22. The molecular formula is C19H24O6. The van der Waals surface area contributed by atoms with Crippen molar-refractivity contribution in [2.45, 2.75) is 33.6 Å². The number of hydrogen-bond donors (Lipinski definition) is 2. The summed E-state index contributed by atoms with van der Waals surface area (Å²) in [7, 11) is 0. The Morgan fingerprint density at radius 1 is 0.920 bits per heavy atom. The molecule has 6 heteroatoms. The number of aryl methyl sites for hydroxylation is 1. The first-order chi connectivity index (χ1) is 11.9. The number of benzene rings is 1. The first-order valence-corrected chi connectivity index (χ1v) is 8.12. The van der Waals surface area contributed by atoms with Crippen LogP contribution in [0.15, 0.2) is 53.0 Å². The van der Waals surface area contributed by atoms with Gasteiger partial charge in [-0.1, -0.05) is 30.3 Å². The predicted molar refractivity (Wildman–Crippen MR) is 93.0 cm³/mol. The highest BCUT2D eigenvalue weighted by atomic mass is 16.5. The lowest BCUT2D eigenvalue weighted by atomic mass is 10.0. The van der Waals surface area contributed by atoms with E-state index in [1.54, 1.807) is 13.8 Å². The average molecular weight is 348 g/mol. The minimum absolute atomic E-state index is 0.0909. The van der Waals surface area contributed by atoms with Crippen LogP contribution in [-0.2, 0) is 25.5 Å². The standard InChI is InChI=1S/C19H24O6/c1-4-24-18(22)13(3)16(20)17(21)15(19(23)25-5-2)12-11-14-9-7-6-8-10-14/h6-10,20-21H,4-5,11-12H2,1-3H3/b16-13-,17-15-. The number of aliphatic hydroxyl groups excluding tert-OH is 2. The molecule has 2 N–H and O–H groups in total. The molecule has 0 saturated carbocycles. The summed E-state index contributed by atoms with van der Waals surface area (Å²) in [6, 6.07) is 9.38. The topological polar surface area (TPSA) is 93.1 Å². The van der Waals surface area contributed by atoms with Crippen molar-refractivity contribution < 1.29 is 29.3 Å². The number of carbonyl (C=O) groups is 2. The molecule has 0 amide bonds. The van der Waals surface area contributed by atoms with E-state index in [0.717, 1.165) is 5.56 Å². The van der Waals surface area contributed by atoms with E-state index < -0.39 is 23.5 Å². The third-order valence-corrected chi connectivity index (χ3v) is 3.48. The van der Waals surface area contributed by atoms with Gasteiger partial charge in [-0.3, -0.25) is 0 Å². The number of esters is 2. The van der Waals surface area contributed by atoms with Gasteiger partial charge in [-0.2, -0.15) is 0 Å². The normalized spacial score (nSPS) is 12.8. The van der Waals surface area contributed by atoms with Crippen molar-refractivity contribution in [2.24, 2.45) is 0 Å². The Morgan fingerprint density at radius 3 is 2.04 bits per heavy atom. The molecule has 0 saturated heterocycles. The molecule has 0 unspecified atom stereocenters. The summed E-state index contributed by atoms with van der Waals surface area (Å²) in [6.07, 6.45) is 0.611. The molecule has 0 fully saturated rings. The van der Waals surface area contributed by atoms with Crippen LogP contribution in [0, 0.1) is 0 Å². The summed E-state index contributed by atoms with van der Waals surface area (Å²) >= 11 is 0. The second-order valence-electron chi connectivity index (χ2n) is 5.23. The second kappa shape index (κ2) is 10.2. The van der Waals surface area contributed by atoms with Gasteiger partial charge >= 0.3 is 11.9 Å². The first kappa shape index (κ1) is 20.3. The summed E-state index contributed by atoms with van der Waals surface area (Å²) < 4.78 is 9.73. The first-order valence-electron chi connectivity index (χ1n) is 8.12. The molecule has 0 aliphatic heterocycles. The van der Waals surface area contributed by atoms with E-state index >= 15 is 0 Å². The van der Waals surface area contributed by atoms with Gasteiger partial charge in [-0.15, -0.1) is 0 Å². The van der Waals surface area contributed by atoms with Gasteiger partial charge in [0.2, 0.25) is 0 Å². The Morgan fingerprint density at radius 2 is 1.48 bits per heavy atom. The summed E-state index contributed by atoms with van der Waals surface area (Å²) in [6.45, 7) is 4.84. The summed E-state index contributed by atoms with van der Waals surface area (Å²) in [5.41, 5.74) is 0.690. The fraction of sp³-hybridized carbons (Fsp3) is 0.368. The molecule has 1 rings (SSSR count). The minimum Gasteiger partial charge on any atom is -0.504 e. The van der Waals surface area contributed by atoms with Gasteiger partial charge in [-0.25, -0.2) is 9.59 Å². The molecule has 0 radical (unpaired) electrons. The van der Waals surface area contributed by atoms with Gasteiger partial charge < -0.3 is 19.7 Å². The molecule has 0 bridgehead atoms. The maximum absolute atomic E-state index is 12.1. The van der Waals surface area contributed by atoms with E-state index in [9.17, 15) is 19.8 Å². The second-order valence-corrected chi connectivity index (χ2v) is 5.23. The third-order valence-electron chi connectivity index (χ3n) is 3.48. The SMILES string of the molecule is CCOC(=O)/C(C)=C(O)/C(O)=C(\CCc1ccccc1)C(=O)OCC. The van der Waals surface area contributed by atoms with Crippen LogP contribution in [0.3, 0.4) is 0 Å². The van der Waals surface area contributed by atoms with Crippen LogP contribution < -0.4 is 0 Å². The van der Waals surface area contributed by atoms with Crippen molar-refractivity contribution in [3.63, 3.8) is 0 Å². The van der Waals surface area contributed by atoms with Gasteiger partial charge in [0, 0.05) is 0 Å². The van der Waals surface area contributed by atoms with Gasteiger partial charge in [0.15, 0.2) is 11.5 Å². The Kier molecular flexibility index (Phi) is 8.26. The molecule has 0 atom stereocenters. The van der Waals surface area contributed by atoms with Crippen LogP contribution in [-0.4, -0.2) is 35.4 Å². The lowest BCUT2D eigenvalue weighted by Gasteiger charge is -2.12. The van der Waals surface area contributed by atoms with Crippen molar-refractivity contribution in [2.75, 3.05) is 13.2 Å². The van der Waals surface area contributed by atoms with Gasteiger partial charge in [-0.05, 0) is 39.2 Å². The summed E-state index contributed by atoms with van der Waals surface area (Å²) in [5, 5.41) is 20.4. The minimum atomic E-state index is -0.766. The molecule has 0 heterocycles. The fourth-order valence-corrected chi connectivity index (χ4v) is 2.11. The maximum Gasteiger partial charge on any atom is 0.337 e. The zero-order chi connectivity index (χ0) is 18.8. The smallest absolute Gasteiger partial charge is 0.337 e. The van der Waals surface area contributed by atoms with E-state index in [1.165, 1.54) is 6.92 Å². The average Bonchev–Trinajstić information content (AvgIpc) is 2.61. The van der Waals surface area contributed by atoms with Crippen LogP contribution in [0.25, 0.3) is 0 Å². The molecule has 25 heavy (non-hydrogen) atoms. The van der Waals surface area contributed by atoms with Crippen molar-refractivity contribution >= 4 is 11.9 Å². The summed E-state index contributed by atoms with van der Waals surface area (Å²) in [5.74, 6) is -2.86. The van der Waals surface area contributed by atoms with Gasteiger partial charge in [0.25, 0.3) is 0 Å². The zero-order valence-corrected chi connectivity index (χ0v) is 14.7. The Bertz CT molecular complexity index is 658. The summed E-state index contributed by atoms with van der Waals surface area (Å²) in [4.78, 5) is 23.8. The highest BCUT2D eigenvalue weighted by molar-refractivity contribution is 5.92. The van der Waals surface area contributed by atoms with Crippen LogP contribution in [0.1, 0.15) is 32.8 Å². The number of aliphatic hydroxyl groups is 2.